The summed E-state index contributed by atoms with van der Waals surface area (Å²) in [5.74, 6) is -3.96. The lowest BCUT2D eigenvalue weighted by Crippen LogP contribution is -2.38. The number of rotatable bonds is 11. The van der Waals surface area contributed by atoms with Crippen molar-refractivity contribution in [2.75, 3.05) is 0 Å². The predicted molar refractivity (Wildman–Crippen MR) is 139 cm³/mol. The van der Waals surface area contributed by atoms with E-state index < -0.39 is 48.8 Å². The second-order valence-electron chi connectivity index (χ2n) is 10.9. The Hall–Kier alpha value is -3.58. The molecule has 4 rings (SSSR count). The molecule has 2 N–H and O–H groups in total. The maximum Gasteiger partial charge on any atom is 0.389 e. The van der Waals surface area contributed by atoms with Gasteiger partial charge in [-0.25, -0.2) is 18.4 Å². The molecule has 0 unspecified atom stereocenters. The van der Waals surface area contributed by atoms with Crippen LogP contribution in [0.15, 0.2) is 27.7 Å². The van der Waals surface area contributed by atoms with Crippen molar-refractivity contribution in [2.24, 2.45) is 16.9 Å². The molecule has 0 spiro atoms. The number of aryl methyl sites for hydroxylation is 1. The predicted octanol–water partition coefficient (Wildman–Crippen LogP) is 5.58. The standard InChI is InChI=1S/C27H33F5N6O3/c1-15(22(17-4-5-17)35-21(39)8-11-27(30,31)32)12-20-34-19(13-38(20)33-3)24(18-6-9-26(28,29)10-7-18)36-25(40)23-16(2)14-41-37-23/h12-14,17-18,22,24H,3-11H2,1-2H3,(H,35,39)(H,36,40)/b15-12+/t22-,24-/m0/s1. The summed E-state index contributed by atoms with van der Waals surface area (Å²) in [7, 11) is 0. The average Bonchev–Trinajstić information content (AvgIpc) is 3.52. The molecule has 0 radical (unpaired) electrons. The van der Waals surface area contributed by atoms with Crippen LogP contribution in [0.1, 0.15) is 91.9 Å². The van der Waals surface area contributed by atoms with Gasteiger partial charge in [-0.05, 0) is 63.0 Å². The van der Waals surface area contributed by atoms with Crippen LogP contribution in [0.25, 0.3) is 6.08 Å². The molecule has 2 heterocycles. The Bertz CT molecular complexity index is 1290. The van der Waals surface area contributed by atoms with E-state index >= 15 is 0 Å². The van der Waals surface area contributed by atoms with Gasteiger partial charge in [0.05, 0.1) is 30.4 Å². The minimum absolute atomic E-state index is 0.0712. The van der Waals surface area contributed by atoms with Crippen LogP contribution >= 0.6 is 0 Å². The van der Waals surface area contributed by atoms with Crippen molar-refractivity contribution in [1.82, 2.24) is 25.5 Å². The molecule has 224 valence electrons. The van der Waals surface area contributed by atoms with E-state index in [-0.39, 0.29) is 43.2 Å². The third-order valence-corrected chi connectivity index (χ3v) is 7.58. The molecule has 14 heteroatoms. The highest BCUT2D eigenvalue weighted by Gasteiger charge is 2.40. The number of imidazole rings is 1. The third-order valence-electron chi connectivity index (χ3n) is 7.58. The molecule has 2 fully saturated rings. The van der Waals surface area contributed by atoms with E-state index in [0.29, 0.717) is 22.7 Å². The normalized spacial score (nSPS) is 19.4. The van der Waals surface area contributed by atoms with Gasteiger partial charge in [-0.2, -0.15) is 18.3 Å². The Kier molecular flexibility index (Phi) is 8.97. The van der Waals surface area contributed by atoms with Crippen molar-refractivity contribution < 1.29 is 36.1 Å². The number of carbonyl (C=O) groups excluding carboxylic acids is 2. The maximum absolute atomic E-state index is 13.9. The van der Waals surface area contributed by atoms with Crippen molar-refractivity contribution in [2.45, 2.75) is 89.4 Å². The van der Waals surface area contributed by atoms with E-state index in [0.717, 1.165) is 12.8 Å². The van der Waals surface area contributed by atoms with Gasteiger partial charge in [0.2, 0.25) is 11.8 Å². The van der Waals surface area contributed by atoms with Crippen molar-refractivity contribution in [3.63, 3.8) is 0 Å². The van der Waals surface area contributed by atoms with Crippen molar-refractivity contribution in [1.29, 1.82) is 0 Å². The lowest BCUT2D eigenvalue weighted by molar-refractivity contribution is -0.144. The third kappa shape index (κ3) is 8.00. The van der Waals surface area contributed by atoms with Gasteiger partial charge >= 0.3 is 6.18 Å². The number of nitrogens with one attached hydrogen (secondary N) is 2. The number of alkyl halides is 5. The van der Waals surface area contributed by atoms with E-state index in [2.05, 4.69) is 32.6 Å². The molecule has 2 saturated carbocycles. The summed E-state index contributed by atoms with van der Waals surface area (Å²) in [6, 6.07) is -1.23. The largest absolute Gasteiger partial charge is 0.389 e. The number of aromatic nitrogens is 3. The Labute approximate surface area is 233 Å². The fourth-order valence-corrected chi connectivity index (χ4v) is 5.14. The Morgan fingerprint density at radius 3 is 2.46 bits per heavy atom. The van der Waals surface area contributed by atoms with E-state index in [1.165, 1.54) is 10.9 Å². The van der Waals surface area contributed by atoms with Crippen molar-refractivity contribution >= 4 is 24.6 Å². The van der Waals surface area contributed by atoms with Gasteiger partial charge in [0.1, 0.15) is 6.26 Å². The van der Waals surface area contributed by atoms with Crippen LogP contribution in [0, 0.1) is 18.8 Å². The Balaban J connectivity index is 1.59. The smallest absolute Gasteiger partial charge is 0.364 e. The van der Waals surface area contributed by atoms with Crippen LogP contribution in [-0.2, 0) is 4.79 Å². The molecule has 0 saturated heterocycles. The molecule has 2 aliphatic carbocycles. The zero-order valence-electron chi connectivity index (χ0n) is 22.8. The molecule has 2 atom stereocenters. The highest BCUT2D eigenvalue weighted by molar-refractivity contribution is 5.93. The van der Waals surface area contributed by atoms with Crippen LogP contribution in [0.3, 0.4) is 0 Å². The van der Waals surface area contributed by atoms with Crippen LogP contribution in [0.2, 0.25) is 0 Å². The molecule has 0 bridgehead atoms. The van der Waals surface area contributed by atoms with Gasteiger partial charge in [-0.15, -0.1) is 0 Å². The second-order valence-corrected chi connectivity index (χ2v) is 10.9. The minimum atomic E-state index is -4.43. The number of carbonyl (C=O) groups is 2. The van der Waals surface area contributed by atoms with E-state index in [1.807, 2.05) is 0 Å². The molecule has 0 aromatic carbocycles. The molecule has 2 aliphatic rings. The van der Waals surface area contributed by atoms with E-state index in [9.17, 15) is 31.5 Å². The fraction of sp³-hybridized carbons (Fsp3) is 0.593. The number of halogens is 5. The van der Waals surface area contributed by atoms with Crippen LogP contribution in [-0.4, -0.2) is 51.5 Å². The molecule has 2 amide bonds. The van der Waals surface area contributed by atoms with E-state index in [1.54, 1.807) is 26.1 Å². The summed E-state index contributed by atoms with van der Waals surface area (Å²) in [6.07, 6.45) is -0.481. The molecule has 9 nitrogen and oxygen atoms in total. The lowest BCUT2D eigenvalue weighted by Gasteiger charge is -2.33. The van der Waals surface area contributed by atoms with Gasteiger partial charge in [0, 0.05) is 31.5 Å². The summed E-state index contributed by atoms with van der Waals surface area (Å²) in [5.41, 5.74) is 1.61. The molecular formula is C27H33F5N6O3. The minimum Gasteiger partial charge on any atom is -0.364 e. The highest BCUT2D eigenvalue weighted by atomic mass is 19.4. The summed E-state index contributed by atoms with van der Waals surface area (Å²) >= 11 is 0. The van der Waals surface area contributed by atoms with Crippen LogP contribution in [0.5, 0.6) is 0 Å². The summed E-state index contributed by atoms with van der Waals surface area (Å²) in [5, 5.41) is 13.3. The first kappa shape index (κ1) is 30.4. The molecule has 2 aromatic rings. The number of hydrogen-bond donors (Lipinski definition) is 2. The summed E-state index contributed by atoms with van der Waals surface area (Å²) < 4.78 is 71.9. The number of nitrogens with zero attached hydrogens (tertiary/aromatic N) is 4. The molecule has 41 heavy (non-hydrogen) atoms. The fourth-order valence-electron chi connectivity index (χ4n) is 5.14. The van der Waals surface area contributed by atoms with Crippen molar-refractivity contribution in [3.05, 3.63) is 40.8 Å². The van der Waals surface area contributed by atoms with E-state index in [4.69, 9.17) is 4.52 Å². The van der Waals surface area contributed by atoms with Crippen LogP contribution in [0.4, 0.5) is 22.0 Å². The first-order valence-corrected chi connectivity index (χ1v) is 13.5. The summed E-state index contributed by atoms with van der Waals surface area (Å²) in [6.45, 7) is 6.96. The van der Waals surface area contributed by atoms with Crippen LogP contribution < -0.4 is 10.6 Å². The van der Waals surface area contributed by atoms with Gasteiger partial charge in [0.25, 0.3) is 5.91 Å². The van der Waals surface area contributed by atoms with Gasteiger partial charge < -0.3 is 15.2 Å². The monoisotopic (exact) mass is 584 g/mol. The Morgan fingerprint density at radius 2 is 1.90 bits per heavy atom. The molecule has 0 aliphatic heterocycles. The van der Waals surface area contributed by atoms with Gasteiger partial charge in [-0.1, -0.05) is 5.16 Å². The molecular weight excluding hydrogens is 551 g/mol. The summed E-state index contributed by atoms with van der Waals surface area (Å²) in [4.78, 5) is 29.9. The number of hydrogen-bond acceptors (Lipinski definition) is 6. The zero-order valence-corrected chi connectivity index (χ0v) is 22.8. The van der Waals surface area contributed by atoms with Gasteiger partial charge in [-0.3, -0.25) is 9.59 Å². The van der Waals surface area contributed by atoms with Gasteiger partial charge in [0.15, 0.2) is 11.5 Å². The first-order chi connectivity index (χ1) is 19.3. The van der Waals surface area contributed by atoms with Crippen molar-refractivity contribution in [3.8, 4) is 0 Å². The highest BCUT2D eigenvalue weighted by Crippen LogP contribution is 2.42. The topological polar surface area (TPSA) is 114 Å². The lowest BCUT2D eigenvalue weighted by atomic mass is 9.81. The Morgan fingerprint density at radius 1 is 1.22 bits per heavy atom. The average molecular weight is 585 g/mol. The quantitative estimate of drug-likeness (QED) is 0.264. The maximum atomic E-state index is 13.9. The zero-order chi connectivity index (χ0) is 29.9. The SMILES string of the molecule is C=Nn1cc([C@@H](NC(=O)c2nocc2C)C2CCC(F)(F)CC2)nc1/C=C(\C)[C@H](NC(=O)CCC(F)(F)F)C1CC1. The first-order valence-electron chi connectivity index (χ1n) is 13.5. The second kappa shape index (κ2) is 12.1. The molecule has 2 aromatic heterocycles. The number of amides is 2.